The molecular formula is C18H21ClN3O3S2+. The van der Waals surface area contributed by atoms with Crippen LogP contribution in [0.3, 0.4) is 0 Å². The highest BCUT2D eigenvalue weighted by atomic mass is 35.5. The summed E-state index contributed by atoms with van der Waals surface area (Å²) >= 11 is 7.78. The molecule has 2 unspecified atom stereocenters. The molecule has 1 saturated heterocycles. The van der Waals surface area contributed by atoms with E-state index in [4.69, 9.17) is 11.6 Å². The Labute approximate surface area is 168 Å². The van der Waals surface area contributed by atoms with Gasteiger partial charge in [0.2, 0.25) is 5.72 Å². The van der Waals surface area contributed by atoms with Crippen molar-refractivity contribution in [3.8, 4) is 0 Å². The lowest BCUT2D eigenvalue weighted by molar-refractivity contribution is -0.972. The number of hydrogen-bond donors (Lipinski definition) is 1. The first kappa shape index (κ1) is 20.3. The molecule has 144 valence electrons. The molecule has 2 atom stereocenters. The summed E-state index contributed by atoms with van der Waals surface area (Å²) in [4.78, 5) is -0.158. The van der Waals surface area contributed by atoms with Crippen LogP contribution in [0.4, 0.5) is 5.69 Å². The first-order chi connectivity index (χ1) is 12.7. The molecule has 1 aliphatic heterocycles. The van der Waals surface area contributed by atoms with Crippen LogP contribution in [0, 0.1) is 0 Å². The molecular weight excluding hydrogens is 406 g/mol. The molecule has 0 saturated carbocycles. The Kier molecular flexibility index (Phi) is 5.65. The van der Waals surface area contributed by atoms with Crippen molar-refractivity contribution in [2.75, 3.05) is 25.2 Å². The van der Waals surface area contributed by atoms with Crippen molar-refractivity contribution >= 4 is 39.1 Å². The second-order valence-corrected chi connectivity index (χ2v) is 9.56. The molecule has 9 heteroatoms. The highest BCUT2D eigenvalue weighted by Gasteiger charge is 2.52. The molecule has 0 radical (unpaired) electrons. The quantitative estimate of drug-likeness (QED) is 0.575. The first-order valence-electron chi connectivity index (χ1n) is 8.40. The molecule has 0 amide bonds. The van der Waals surface area contributed by atoms with Crippen molar-refractivity contribution in [1.29, 1.82) is 0 Å². The second kappa shape index (κ2) is 7.52. The van der Waals surface area contributed by atoms with Gasteiger partial charge < -0.3 is 5.11 Å². The predicted octanol–water partition coefficient (Wildman–Crippen LogP) is 4.13. The van der Waals surface area contributed by atoms with E-state index in [-0.39, 0.29) is 9.92 Å². The molecule has 2 aromatic carbocycles. The zero-order valence-corrected chi connectivity index (χ0v) is 17.4. The predicted molar refractivity (Wildman–Crippen MR) is 108 cm³/mol. The highest BCUT2D eigenvalue weighted by molar-refractivity contribution is 7.99. The lowest BCUT2D eigenvalue weighted by atomic mass is 10.0. The minimum absolute atomic E-state index is 0.0470. The fourth-order valence-electron chi connectivity index (χ4n) is 2.99. The molecule has 2 aromatic rings. The number of sulfonamides is 1. The van der Waals surface area contributed by atoms with E-state index >= 15 is 0 Å². The number of rotatable bonds is 5. The second-order valence-electron chi connectivity index (χ2n) is 6.64. The van der Waals surface area contributed by atoms with Crippen LogP contribution in [0.25, 0.3) is 0 Å². The Morgan fingerprint density at radius 1 is 1.26 bits per heavy atom. The van der Waals surface area contributed by atoms with E-state index in [9.17, 15) is 13.5 Å². The fraction of sp³-hybridized carbons (Fsp3) is 0.333. The maximum absolute atomic E-state index is 12.7. The molecule has 0 bridgehead atoms. The molecule has 0 aliphatic carbocycles. The zero-order chi connectivity index (χ0) is 19.7. The maximum Gasteiger partial charge on any atom is 0.301 e. The number of hydrogen-bond acceptors (Lipinski definition) is 5. The van der Waals surface area contributed by atoms with Gasteiger partial charge in [0.1, 0.15) is 10.8 Å². The molecule has 1 fully saturated rings. The van der Waals surface area contributed by atoms with Crippen LogP contribution < -0.4 is 0 Å². The number of quaternary nitrogens is 1. The summed E-state index contributed by atoms with van der Waals surface area (Å²) in [5.41, 5.74) is -0.255. The molecule has 1 aliphatic rings. The summed E-state index contributed by atoms with van der Waals surface area (Å²) < 4.78 is 29.3. The molecule has 3 rings (SSSR count). The van der Waals surface area contributed by atoms with E-state index in [0.29, 0.717) is 28.0 Å². The number of benzene rings is 2. The van der Waals surface area contributed by atoms with Gasteiger partial charge in [-0.1, -0.05) is 46.1 Å². The zero-order valence-electron chi connectivity index (χ0n) is 15.0. The Hall–Kier alpha value is -1.45. The smallest absolute Gasteiger partial charge is 0.301 e. The van der Waals surface area contributed by atoms with Gasteiger partial charge in [-0.15, -0.1) is 5.11 Å². The lowest BCUT2D eigenvalue weighted by Gasteiger charge is -2.41. The average Bonchev–Trinajstić information content (AvgIpc) is 2.97. The van der Waals surface area contributed by atoms with Crippen LogP contribution >= 0.6 is 23.4 Å². The van der Waals surface area contributed by atoms with Gasteiger partial charge in [-0.25, -0.2) is 0 Å². The third-order valence-corrected chi connectivity index (χ3v) is 7.95. The Balaban J connectivity index is 2.02. The monoisotopic (exact) mass is 426 g/mol. The highest BCUT2D eigenvalue weighted by Crippen LogP contribution is 2.43. The van der Waals surface area contributed by atoms with E-state index in [2.05, 4.69) is 9.63 Å². The first-order valence-corrected chi connectivity index (χ1v) is 11.4. The molecule has 0 spiro atoms. The normalized spacial score (nSPS) is 25.9. The number of aliphatic hydroxyl groups is 1. The standard InChI is InChI=1S/C18H21ClN3O3S2/c1-3-22(2)13-26-12-18(22,23)14-9-10-16(19)17(11-14)27(24,25)21-20-15-7-5-4-6-8-15/h4-11,23H,3,12-13H2,1-2H3/q+1. The summed E-state index contributed by atoms with van der Waals surface area (Å²) in [6.07, 6.45) is 0. The Morgan fingerprint density at radius 3 is 2.63 bits per heavy atom. The van der Waals surface area contributed by atoms with E-state index in [1.165, 1.54) is 12.1 Å². The average molecular weight is 427 g/mol. The van der Waals surface area contributed by atoms with Crippen molar-refractivity contribution in [1.82, 2.24) is 0 Å². The molecule has 1 N–H and O–H groups in total. The van der Waals surface area contributed by atoms with Gasteiger partial charge in [0.05, 0.1) is 30.1 Å². The lowest BCUT2D eigenvalue weighted by Crippen LogP contribution is -2.56. The maximum atomic E-state index is 12.7. The van der Waals surface area contributed by atoms with Crippen LogP contribution in [0.2, 0.25) is 5.02 Å². The summed E-state index contributed by atoms with van der Waals surface area (Å²) in [5.74, 6) is 1.22. The van der Waals surface area contributed by atoms with Gasteiger partial charge in [-0.3, -0.25) is 4.48 Å². The molecule has 6 nitrogen and oxygen atoms in total. The number of nitrogens with zero attached hydrogens (tertiary/aromatic N) is 3. The van der Waals surface area contributed by atoms with Gasteiger partial charge in [0, 0.05) is 5.56 Å². The van der Waals surface area contributed by atoms with Gasteiger partial charge in [0.15, 0.2) is 0 Å². The minimum atomic E-state index is -4.11. The molecule has 0 aromatic heterocycles. The Bertz CT molecular complexity index is 969. The van der Waals surface area contributed by atoms with Gasteiger partial charge in [-0.05, 0) is 37.3 Å². The summed E-state index contributed by atoms with van der Waals surface area (Å²) in [5, 5.41) is 15.2. The third kappa shape index (κ3) is 3.77. The van der Waals surface area contributed by atoms with E-state index in [1.54, 1.807) is 48.2 Å². The van der Waals surface area contributed by atoms with Crippen LogP contribution in [-0.2, 0) is 15.7 Å². The van der Waals surface area contributed by atoms with E-state index in [1.807, 2.05) is 14.0 Å². The summed E-state index contributed by atoms with van der Waals surface area (Å²) in [6, 6.07) is 13.2. The van der Waals surface area contributed by atoms with Crippen molar-refractivity contribution in [3.05, 3.63) is 59.1 Å². The molecule has 1 heterocycles. The topological polar surface area (TPSA) is 79.1 Å². The summed E-state index contributed by atoms with van der Waals surface area (Å²) in [6.45, 7) is 2.71. The van der Waals surface area contributed by atoms with E-state index < -0.39 is 15.7 Å². The fourth-order valence-corrected chi connectivity index (χ4v) is 5.93. The van der Waals surface area contributed by atoms with Gasteiger partial charge >= 0.3 is 10.0 Å². The third-order valence-electron chi connectivity index (χ3n) is 4.96. The van der Waals surface area contributed by atoms with Crippen LogP contribution in [-0.4, -0.2) is 43.2 Å². The van der Waals surface area contributed by atoms with Crippen molar-refractivity contribution in [2.24, 2.45) is 9.63 Å². The van der Waals surface area contributed by atoms with Crippen molar-refractivity contribution in [3.63, 3.8) is 0 Å². The van der Waals surface area contributed by atoms with Crippen LogP contribution in [0.5, 0.6) is 0 Å². The van der Waals surface area contributed by atoms with Crippen molar-refractivity contribution < 1.29 is 18.0 Å². The molecule has 27 heavy (non-hydrogen) atoms. The Morgan fingerprint density at radius 2 is 1.96 bits per heavy atom. The van der Waals surface area contributed by atoms with E-state index in [0.717, 1.165) is 5.88 Å². The van der Waals surface area contributed by atoms with Crippen LogP contribution in [0.15, 0.2) is 63.1 Å². The van der Waals surface area contributed by atoms with Crippen LogP contribution in [0.1, 0.15) is 12.5 Å². The number of halogens is 1. The number of thioether (sulfide) groups is 1. The largest absolute Gasteiger partial charge is 0.338 e. The minimum Gasteiger partial charge on any atom is -0.338 e. The summed E-state index contributed by atoms with van der Waals surface area (Å²) in [7, 11) is -2.15. The van der Waals surface area contributed by atoms with Gasteiger partial charge in [-0.2, -0.15) is 8.42 Å². The van der Waals surface area contributed by atoms with Gasteiger partial charge in [0.25, 0.3) is 0 Å². The SMILES string of the molecule is CC[N+]1(C)CSCC1(O)c1ccc(Cl)c(S(=O)(=O)N=Nc2ccccc2)c1. The van der Waals surface area contributed by atoms with Crippen molar-refractivity contribution in [2.45, 2.75) is 17.5 Å².